The van der Waals surface area contributed by atoms with Gasteiger partial charge in [-0.2, -0.15) is 0 Å². The zero-order chi connectivity index (χ0) is 13.1. The maximum atomic E-state index is 9.63. The number of nitrogens with one attached hydrogen (secondary N) is 1. The van der Waals surface area contributed by atoms with Crippen molar-refractivity contribution >= 4 is 10.9 Å². The molecule has 3 rings (SSSR count). The molecule has 3 nitrogen and oxygen atoms in total. The molecule has 0 spiro atoms. The van der Waals surface area contributed by atoms with Crippen LogP contribution in [0.4, 0.5) is 0 Å². The van der Waals surface area contributed by atoms with E-state index in [1.165, 1.54) is 23.8 Å². The van der Waals surface area contributed by atoms with Crippen molar-refractivity contribution in [2.45, 2.75) is 37.8 Å². The summed E-state index contributed by atoms with van der Waals surface area (Å²) in [5.74, 6) is 0. The van der Waals surface area contributed by atoms with Crippen LogP contribution < -0.4 is 5.32 Å². The standard InChI is InChI=1S/C16H20N2O/c19-12-16(8-1-2-9-16)18-11-14-6-3-5-13-7-4-10-17-15(13)14/h3-7,10,18-19H,1-2,8-9,11-12H2. The molecule has 100 valence electrons. The van der Waals surface area contributed by atoms with E-state index in [4.69, 9.17) is 0 Å². The van der Waals surface area contributed by atoms with Crippen molar-refractivity contribution in [2.24, 2.45) is 0 Å². The SMILES string of the molecule is OCC1(NCc2cccc3cccnc23)CCCC1. The summed E-state index contributed by atoms with van der Waals surface area (Å²) < 4.78 is 0. The molecule has 1 heterocycles. The Hall–Kier alpha value is -1.45. The first-order chi connectivity index (χ1) is 9.33. The predicted octanol–water partition coefficient (Wildman–Crippen LogP) is 2.63. The maximum Gasteiger partial charge on any atom is 0.0746 e. The smallest absolute Gasteiger partial charge is 0.0746 e. The Bertz CT molecular complexity index is 556. The lowest BCUT2D eigenvalue weighted by Crippen LogP contribution is -2.45. The number of aliphatic hydroxyl groups excluding tert-OH is 1. The van der Waals surface area contributed by atoms with E-state index in [0.29, 0.717) is 0 Å². The number of nitrogens with zero attached hydrogens (tertiary/aromatic N) is 1. The molecule has 19 heavy (non-hydrogen) atoms. The molecule has 2 aromatic rings. The molecule has 0 unspecified atom stereocenters. The quantitative estimate of drug-likeness (QED) is 0.884. The molecule has 0 atom stereocenters. The van der Waals surface area contributed by atoms with Gasteiger partial charge in [0.05, 0.1) is 12.1 Å². The zero-order valence-electron chi connectivity index (χ0n) is 11.1. The van der Waals surface area contributed by atoms with Crippen molar-refractivity contribution in [3.05, 3.63) is 42.1 Å². The van der Waals surface area contributed by atoms with E-state index in [1.54, 1.807) is 0 Å². The fourth-order valence-electron chi connectivity index (χ4n) is 3.04. The number of pyridine rings is 1. The normalized spacial score (nSPS) is 17.9. The molecule has 2 N–H and O–H groups in total. The number of rotatable bonds is 4. The average Bonchev–Trinajstić information content (AvgIpc) is 2.94. The highest BCUT2D eigenvalue weighted by Gasteiger charge is 2.32. The van der Waals surface area contributed by atoms with Crippen molar-refractivity contribution in [1.82, 2.24) is 10.3 Å². The molecule has 0 saturated heterocycles. The van der Waals surface area contributed by atoms with Gasteiger partial charge in [-0.1, -0.05) is 37.1 Å². The van der Waals surface area contributed by atoms with Gasteiger partial charge < -0.3 is 10.4 Å². The molecular weight excluding hydrogens is 236 g/mol. The number of hydrogen-bond donors (Lipinski definition) is 2. The Morgan fingerprint density at radius 1 is 1.16 bits per heavy atom. The number of benzene rings is 1. The lowest BCUT2D eigenvalue weighted by Gasteiger charge is -2.28. The Balaban J connectivity index is 1.82. The van der Waals surface area contributed by atoms with Crippen LogP contribution in [0.15, 0.2) is 36.5 Å². The van der Waals surface area contributed by atoms with Crippen LogP contribution in [-0.4, -0.2) is 22.2 Å². The van der Waals surface area contributed by atoms with Gasteiger partial charge in [0.2, 0.25) is 0 Å². The van der Waals surface area contributed by atoms with E-state index in [2.05, 4.69) is 34.6 Å². The number of fused-ring (bicyclic) bond motifs is 1. The summed E-state index contributed by atoms with van der Waals surface area (Å²) in [6.07, 6.45) is 6.40. The predicted molar refractivity (Wildman–Crippen MR) is 76.9 cm³/mol. The van der Waals surface area contributed by atoms with Crippen LogP contribution in [0.3, 0.4) is 0 Å². The summed E-state index contributed by atoms with van der Waals surface area (Å²) in [4.78, 5) is 4.47. The van der Waals surface area contributed by atoms with Gasteiger partial charge in [-0.3, -0.25) is 4.98 Å². The minimum absolute atomic E-state index is 0.0725. The monoisotopic (exact) mass is 256 g/mol. The fraction of sp³-hybridized carbons (Fsp3) is 0.438. The Kier molecular flexibility index (Phi) is 3.49. The summed E-state index contributed by atoms with van der Waals surface area (Å²) in [5.41, 5.74) is 2.19. The molecule has 1 aromatic heterocycles. The first-order valence-electron chi connectivity index (χ1n) is 7.02. The van der Waals surface area contributed by atoms with Crippen molar-refractivity contribution < 1.29 is 5.11 Å². The van der Waals surface area contributed by atoms with Crippen LogP contribution in [0.25, 0.3) is 10.9 Å². The second kappa shape index (κ2) is 5.27. The van der Waals surface area contributed by atoms with Crippen LogP contribution in [0, 0.1) is 0 Å². The van der Waals surface area contributed by atoms with Gasteiger partial charge in [0.1, 0.15) is 0 Å². The van der Waals surface area contributed by atoms with E-state index in [1.807, 2.05) is 12.3 Å². The molecule has 0 radical (unpaired) electrons. The van der Waals surface area contributed by atoms with Crippen LogP contribution in [0.5, 0.6) is 0 Å². The van der Waals surface area contributed by atoms with Crippen LogP contribution in [0.1, 0.15) is 31.2 Å². The van der Waals surface area contributed by atoms with Gasteiger partial charge in [-0.05, 0) is 24.5 Å². The van der Waals surface area contributed by atoms with Crippen LogP contribution in [-0.2, 0) is 6.54 Å². The van der Waals surface area contributed by atoms with Gasteiger partial charge >= 0.3 is 0 Å². The van der Waals surface area contributed by atoms with Gasteiger partial charge in [0.25, 0.3) is 0 Å². The van der Waals surface area contributed by atoms with Gasteiger partial charge in [0.15, 0.2) is 0 Å². The molecule has 1 fully saturated rings. The third-order valence-corrected chi connectivity index (χ3v) is 4.23. The van der Waals surface area contributed by atoms with E-state index < -0.39 is 0 Å². The Morgan fingerprint density at radius 3 is 2.74 bits per heavy atom. The zero-order valence-corrected chi connectivity index (χ0v) is 11.1. The summed E-state index contributed by atoms with van der Waals surface area (Å²) >= 11 is 0. The van der Waals surface area contributed by atoms with Crippen molar-refractivity contribution in [3.8, 4) is 0 Å². The summed E-state index contributed by atoms with van der Waals surface area (Å²) in [6, 6.07) is 10.3. The summed E-state index contributed by atoms with van der Waals surface area (Å²) in [6.45, 7) is 1.00. The lowest BCUT2D eigenvalue weighted by atomic mass is 9.98. The largest absolute Gasteiger partial charge is 0.394 e. The van der Waals surface area contributed by atoms with E-state index in [9.17, 15) is 5.11 Å². The summed E-state index contributed by atoms with van der Waals surface area (Å²) in [7, 11) is 0. The first-order valence-corrected chi connectivity index (χ1v) is 7.02. The molecular formula is C16H20N2O. The molecule has 1 aliphatic carbocycles. The molecule has 3 heteroatoms. The van der Waals surface area contributed by atoms with Crippen molar-refractivity contribution in [3.63, 3.8) is 0 Å². The molecule has 0 aliphatic heterocycles. The second-order valence-electron chi connectivity index (χ2n) is 5.49. The minimum atomic E-state index is -0.0725. The highest BCUT2D eigenvalue weighted by atomic mass is 16.3. The molecule has 0 bridgehead atoms. The van der Waals surface area contributed by atoms with Gasteiger partial charge in [-0.25, -0.2) is 0 Å². The highest BCUT2D eigenvalue weighted by Crippen LogP contribution is 2.29. The third-order valence-electron chi connectivity index (χ3n) is 4.23. The lowest BCUT2D eigenvalue weighted by molar-refractivity contribution is 0.163. The maximum absolute atomic E-state index is 9.63. The summed E-state index contributed by atoms with van der Waals surface area (Å²) in [5, 5.41) is 14.4. The minimum Gasteiger partial charge on any atom is -0.394 e. The molecule has 1 aromatic carbocycles. The number of hydrogen-bond acceptors (Lipinski definition) is 3. The fourth-order valence-corrected chi connectivity index (χ4v) is 3.04. The Morgan fingerprint density at radius 2 is 1.95 bits per heavy atom. The van der Waals surface area contributed by atoms with Crippen LogP contribution in [0.2, 0.25) is 0 Å². The third kappa shape index (κ3) is 2.48. The number of aromatic nitrogens is 1. The molecule has 1 saturated carbocycles. The van der Waals surface area contributed by atoms with Gasteiger partial charge in [-0.15, -0.1) is 0 Å². The van der Waals surface area contributed by atoms with E-state index in [0.717, 1.165) is 24.9 Å². The Labute approximate surface area is 113 Å². The number of aliphatic hydroxyl groups is 1. The van der Waals surface area contributed by atoms with E-state index in [-0.39, 0.29) is 12.1 Å². The van der Waals surface area contributed by atoms with Gasteiger partial charge in [0, 0.05) is 23.7 Å². The highest BCUT2D eigenvalue weighted by molar-refractivity contribution is 5.81. The number of para-hydroxylation sites is 1. The topological polar surface area (TPSA) is 45.1 Å². The molecule has 0 amide bonds. The van der Waals surface area contributed by atoms with Crippen LogP contribution >= 0.6 is 0 Å². The second-order valence-corrected chi connectivity index (χ2v) is 5.49. The average molecular weight is 256 g/mol. The van der Waals surface area contributed by atoms with Crippen molar-refractivity contribution in [2.75, 3.05) is 6.61 Å². The first kappa shape index (κ1) is 12.6. The molecule has 1 aliphatic rings. The van der Waals surface area contributed by atoms with E-state index >= 15 is 0 Å². The van der Waals surface area contributed by atoms with Crippen molar-refractivity contribution in [1.29, 1.82) is 0 Å².